The second kappa shape index (κ2) is 8.02. The van der Waals surface area contributed by atoms with Gasteiger partial charge in [0.05, 0.1) is 27.7 Å². The van der Waals surface area contributed by atoms with Crippen molar-refractivity contribution in [3.63, 3.8) is 0 Å². The number of amides is 1. The molecule has 0 aliphatic rings. The Morgan fingerprint density at radius 1 is 1.00 bits per heavy atom. The van der Waals surface area contributed by atoms with E-state index in [2.05, 4.69) is 25.5 Å². The van der Waals surface area contributed by atoms with Gasteiger partial charge in [0.1, 0.15) is 11.8 Å². The summed E-state index contributed by atoms with van der Waals surface area (Å²) in [5.41, 5.74) is 1.82. The maximum absolute atomic E-state index is 12.6. The molecule has 0 aliphatic heterocycles. The van der Waals surface area contributed by atoms with E-state index in [0.717, 1.165) is 22.1 Å². The van der Waals surface area contributed by atoms with Crippen molar-refractivity contribution in [2.75, 3.05) is 27.7 Å². The largest absolute Gasteiger partial charge is 0.497 e. The topological polar surface area (TPSA) is 42.8 Å². The van der Waals surface area contributed by atoms with Gasteiger partial charge in [0.2, 0.25) is 0 Å². The van der Waals surface area contributed by atoms with Crippen molar-refractivity contribution in [1.29, 1.82) is 0 Å². The Hall–Kier alpha value is -2.85. The van der Waals surface area contributed by atoms with Gasteiger partial charge in [0.15, 0.2) is 0 Å². The van der Waals surface area contributed by atoms with Crippen molar-refractivity contribution in [2.24, 2.45) is 0 Å². The standard InChI is InChI=1S/C22H24N2O2/c1-24(2)21(18-9-6-10-20(14-18)26-3)15-23-22(25)19-12-11-16-7-4-5-8-17(16)13-19/h4-14,21H,15H2,1-3H3,(H,23,25)/p+1/t21-/m0/s1. The van der Waals surface area contributed by atoms with E-state index < -0.39 is 0 Å². The molecule has 2 N–H and O–H groups in total. The lowest BCUT2D eigenvalue weighted by atomic mass is 10.0. The molecule has 1 atom stereocenters. The van der Waals surface area contributed by atoms with Crippen LogP contribution in [0.2, 0.25) is 0 Å². The molecular formula is C22H25N2O2+. The van der Waals surface area contributed by atoms with Crippen LogP contribution in [-0.4, -0.2) is 33.7 Å². The predicted octanol–water partition coefficient (Wildman–Crippen LogP) is 2.46. The lowest BCUT2D eigenvalue weighted by molar-refractivity contribution is -0.890. The normalized spacial score (nSPS) is 12.2. The highest BCUT2D eigenvalue weighted by molar-refractivity contribution is 5.98. The molecule has 0 saturated heterocycles. The SMILES string of the molecule is COc1cccc([C@H](CNC(=O)c2ccc3ccccc3c2)[NH+](C)C)c1. The minimum atomic E-state index is -0.0510. The van der Waals surface area contributed by atoms with Gasteiger partial charge >= 0.3 is 0 Å². The summed E-state index contributed by atoms with van der Waals surface area (Å²) >= 11 is 0. The van der Waals surface area contributed by atoms with E-state index in [9.17, 15) is 4.79 Å². The molecule has 26 heavy (non-hydrogen) atoms. The summed E-state index contributed by atoms with van der Waals surface area (Å²) in [5.74, 6) is 0.777. The number of rotatable bonds is 6. The van der Waals surface area contributed by atoms with Gasteiger partial charge in [-0.1, -0.05) is 42.5 Å². The molecule has 3 aromatic carbocycles. The fourth-order valence-electron chi connectivity index (χ4n) is 3.14. The van der Waals surface area contributed by atoms with Crippen LogP contribution in [0.25, 0.3) is 10.8 Å². The van der Waals surface area contributed by atoms with Gasteiger partial charge in [0, 0.05) is 11.1 Å². The van der Waals surface area contributed by atoms with Crippen molar-refractivity contribution in [1.82, 2.24) is 5.32 Å². The number of nitrogens with one attached hydrogen (secondary N) is 2. The van der Waals surface area contributed by atoms with Crippen LogP contribution in [0.15, 0.2) is 66.7 Å². The maximum Gasteiger partial charge on any atom is 0.251 e. The number of hydrogen-bond acceptors (Lipinski definition) is 2. The molecule has 0 radical (unpaired) electrons. The molecule has 3 rings (SSSR count). The molecule has 0 saturated carbocycles. The smallest absolute Gasteiger partial charge is 0.251 e. The lowest BCUT2D eigenvalue weighted by Gasteiger charge is -2.22. The number of carbonyl (C=O) groups is 1. The monoisotopic (exact) mass is 349 g/mol. The summed E-state index contributed by atoms with van der Waals surface area (Å²) in [7, 11) is 5.84. The molecule has 0 bridgehead atoms. The van der Waals surface area contributed by atoms with Crippen LogP contribution in [0.5, 0.6) is 5.75 Å². The molecule has 0 fully saturated rings. The Kier molecular flexibility index (Phi) is 5.54. The first-order valence-electron chi connectivity index (χ1n) is 8.79. The minimum Gasteiger partial charge on any atom is -0.497 e. The fraction of sp³-hybridized carbons (Fsp3) is 0.227. The zero-order valence-corrected chi connectivity index (χ0v) is 15.5. The zero-order valence-electron chi connectivity index (χ0n) is 15.5. The average Bonchev–Trinajstić information content (AvgIpc) is 2.67. The number of carbonyl (C=O) groups excluding carboxylic acids is 1. The average molecular weight is 349 g/mol. The molecule has 134 valence electrons. The first-order valence-corrected chi connectivity index (χ1v) is 8.79. The van der Waals surface area contributed by atoms with Gasteiger partial charge in [-0.2, -0.15) is 0 Å². The maximum atomic E-state index is 12.6. The summed E-state index contributed by atoms with van der Waals surface area (Å²) in [4.78, 5) is 13.9. The summed E-state index contributed by atoms with van der Waals surface area (Å²) in [6, 6.07) is 22.0. The highest BCUT2D eigenvalue weighted by Gasteiger charge is 2.19. The van der Waals surface area contributed by atoms with Crippen molar-refractivity contribution < 1.29 is 14.4 Å². The first kappa shape index (κ1) is 18.0. The van der Waals surface area contributed by atoms with E-state index in [1.165, 1.54) is 4.90 Å². The minimum absolute atomic E-state index is 0.0510. The quantitative estimate of drug-likeness (QED) is 0.718. The number of likely N-dealkylation sites (N-methyl/N-ethyl adjacent to an activating group) is 1. The van der Waals surface area contributed by atoms with Crippen molar-refractivity contribution in [2.45, 2.75) is 6.04 Å². The molecule has 0 aromatic heterocycles. The molecule has 0 aliphatic carbocycles. The first-order chi connectivity index (χ1) is 12.6. The van der Waals surface area contributed by atoms with Gasteiger partial charge in [-0.05, 0) is 35.0 Å². The molecule has 1 amide bonds. The zero-order chi connectivity index (χ0) is 18.5. The van der Waals surface area contributed by atoms with Crippen LogP contribution in [0.3, 0.4) is 0 Å². The summed E-state index contributed by atoms with van der Waals surface area (Å²) in [5, 5.41) is 5.29. The Morgan fingerprint density at radius 2 is 1.77 bits per heavy atom. The van der Waals surface area contributed by atoms with Crippen LogP contribution in [0.4, 0.5) is 0 Å². The predicted molar refractivity (Wildman–Crippen MR) is 105 cm³/mol. The molecule has 3 aromatic rings. The van der Waals surface area contributed by atoms with Gasteiger partial charge in [0.25, 0.3) is 5.91 Å². The van der Waals surface area contributed by atoms with E-state index in [1.54, 1.807) is 7.11 Å². The van der Waals surface area contributed by atoms with Crippen molar-refractivity contribution in [3.05, 3.63) is 77.9 Å². The van der Waals surface area contributed by atoms with Crippen LogP contribution < -0.4 is 15.0 Å². The Bertz CT molecular complexity index is 905. The number of methoxy groups -OCH3 is 1. The number of quaternary nitrogens is 1. The highest BCUT2D eigenvalue weighted by Crippen LogP contribution is 2.18. The summed E-state index contributed by atoms with van der Waals surface area (Å²) < 4.78 is 5.32. The van der Waals surface area contributed by atoms with Gasteiger partial charge in [-0.15, -0.1) is 0 Å². The van der Waals surface area contributed by atoms with Crippen LogP contribution in [-0.2, 0) is 0 Å². The molecule has 4 nitrogen and oxygen atoms in total. The lowest BCUT2D eigenvalue weighted by Crippen LogP contribution is -3.07. The van der Waals surface area contributed by atoms with E-state index in [1.807, 2.05) is 60.7 Å². The van der Waals surface area contributed by atoms with E-state index >= 15 is 0 Å². The third-order valence-corrected chi connectivity index (χ3v) is 4.67. The third kappa shape index (κ3) is 4.03. The second-order valence-corrected chi connectivity index (χ2v) is 6.68. The van der Waals surface area contributed by atoms with Crippen LogP contribution in [0, 0.1) is 0 Å². The van der Waals surface area contributed by atoms with Crippen LogP contribution in [0.1, 0.15) is 22.0 Å². The Morgan fingerprint density at radius 3 is 2.50 bits per heavy atom. The number of hydrogen-bond donors (Lipinski definition) is 2. The Labute approximate surface area is 154 Å². The van der Waals surface area contributed by atoms with Crippen molar-refractivity contribution >= 4 is 16.7 Å². The molecule has 0 spiro atoms. The number of fused-ring (bicyclic) bond motifs is 1. The van der Waals surface area contributed by atoms with E-state index in [0.29, 0.717) is 12.1 Å². The molecule has 4 heteroatoms. The van der Waals surface area contributed by atoms with Gasteiger partial charge in [-0.25, -0.2) is 0 Å². The van der Waals surface area contributed by atoms with E-state index in [-0.39, 0.29) is 11.9 Å². The number of benzene rings is 3. The molecular weight excluding hydrogens is 324 g/mol. The fourth-order valence-corrected chi connectivity index (χ4v) is 3.14. The summed E-state index contributed by atoms with van der Waals surface area (Å²) in [6.45, 7) is 0.557. The summed E-state index contributed by atoms with van der Waals surface area (Å²) in [6.07, 6.45) is 0. The highest BCUT2D eigenvalue weighted by atomic mass is 16.5. The number of ether oxygens (including phenoxy) is 1. The van der Waals surface area contributed by atoms with Gasteiger partial charge in [-0.3, -0.25) is 4.79 Å². The Balaban J connectivity index is 1.74. The van der Waals surface area contributed by atoms with Crippen LogP contribution >= 0.6 is 0 Å². The third-order valence-electron chi connectivity index (χ3n) is 4.67. The second-order valence-electron chi connectivity index (χ2n) is 6.68. The molecule has 0 heterocycles. The molecule has 0 unspecified atom stereocenters. The van der Waals surface area contributed by atoms with E-state index in [4.69, 9.17) is 4.74 Å². The van der Waals surface area contributed by atoms with Crippen molar-refractivity contribution in [3.8, 4) is 5.75 Å². The van der Waals surface area contributed by atoms with Gasteiger partial charge < -0.3 is 15.0 Å².